The molecule has 1 aliphatic rings. The van der Waals surface area contributed by atoms with Gasteiger partial charge in [-0.05, 0) is 31.4 Å². The minimum absolute atomic E-state index is 0.138. The Labute approximate surface area is 109 Å². The fourth-order valence-electron chi connectivity index (χ4n) is 2.19. The van der Waals surface area contributed by atoms with Crippen LogP contribution in [-0.4, -0.2) is 35.2 Å². The van der Waals surface area contributed by atoms with E-state index in [4.69, 9.17) is 4.74 Å². The lowest BCUT2D eigenvalue weighted by molar-refractivity contribution is -0.148. The summed E-state index contributed by atoms with van der Waals surface area (Å²) >= 11 is 1.91. The van der Waals surface area contributed by atoms with E-state index < -0.39 is 5.54 Å². The van der Waals surface area contributed by atoms with Crippen molar-refractivity contribution < 1.29 is 9.53 Å². The Morgan fingerprint density at radius 2 is 2.06 bits per heavy atom. The van der Waals surface area contributed by atoms with Gasteiger partial charge in [-0.1, -0.05) is 20.8 Å². The molecule has 17 heavy (non-hydrogen) atoms. The maximum atomic E-state index is 11.9. The van der Waals surface area contributed by atoms with Gasteiger partial charge < -0.3 is 4.74 Å². The summed E-state index contributed by atoms with van der Waals surface area (Å²) in [4.78, 5) is 11.9. The summed E-state index contributed by atoms with van der Waals surface area (Å²) in [5.74, 6) is -0.138. The van der Waals surface area contributed by atoms with Crippen LogP contribution < -0.4 is 5.32 Å². The molecule has 0 aromatic carbocycles. The van der Waals surface area contributed by atoms with Crippen molar-refractivity contribution in [3.63, 3.8) is 0 Å². The molecule has 0 saturated heterocycles. The second-order valence-electron chi connectivity index (χ2n) is 5.44. The maximum Gasteiger partial charge on any atom is 0.325 e. The number of thioether (sulfide) groups is 1. The lowest BCUT2D eigenvalue weighted by atomic mass is 9.96. The molecule has 1 N–H and O–H groups in total. The van der Waals surface area contributed by atoms with Crippen molar-refractivity contribution in [2.75, 3.05) is 7.11 Å². The van der Waals surface area contributed by atoms with Crippen LogP contribution in [0, 0.1) is 0 Å². The average Bonchev–Trinajstić information content (AvgIpc) is 2.98. The van der Waals surface area contributed by atoms with Crippen molar-refractivity contribution in [2.45, 2.75) is 69.0 Å². The minimum atomic E-state index is -0.531. The molecule has 0 spiro atoms. The first-order chi connectivity index (χ1) is 7.87. The van der Waals surface area contributed by atoms with Gasteiger partial charge in [0.25, 0.3) is 0 Å². The monoisotopic (exact) mass is 259 g/mol. The molecular formula is C13H25NO2S. The molecule has 0 radical (unpaired) electrons. The first-order valence-corrected chi connectivity index (χ1v) is 7.33. The Morgan fingerprint density at radius 1 is 1.47 bits per heavy atom. The third-order valence-corrected chi connectivity index (χ3v) is 4.11. The van der Waals surface area contributed by atoms with E-state index in [9.17, 15) is 4.79 Å². The molecule has 1 saturated carbocycles. The number of nitrogens with one attached hydrogen (secondary N) is 1. The molecule has 0 aliphatic heterocycles. The summed E-state index contributed by atoms with van der Waals surface area (Å²) in [7, 11) is 1.47. The Kier molecular flexibility index (Phi) is 5.32. The van der Waals surface area contributed by atoms with Crippen molar-refractivity contribution >= 4 is 17.7 Å². The van der Waals surface area contributed by atoms with E-state index in [-0.39, 0.29) is 5.97 Å². The zero-order valence-corrected chi connectivity index (χ0v) is 12.4. The SMILES string of the molecule is COC(=O)C(C)(CC(C)SC(C)C)NC1CC1. The van der Waals surface area contributed by atoms with Gasteiger partial charge in [0.05, 0.1) is 7.11 Å². The second-order valence-corrected chi connectivity index (χ2v) is 7.46. The molecule has 3 nitrogen and oxygen atoms in total. The molecule has 1 rings (SSSR count). The van der Waals surface area contributed by atoms with Crippen LogP contribution in [-0.2, 0) is 9.53 Å². The smallest absolute Gasteiger partial charge is 0.325 e. The molecule has 100 valence electrons. The van der Waals surface area contributed by atoms with E-state index in [1.807, 2.05) is 18.7 Å². The predicted octanol–water partition coefficient (Wildman–Crippen LogP) is 2.59. The summed E-state index contributed by atoms with van der Waals surface area (Å²) < 4.78 is 4.94. The highest BCUT2D eigenvalue weighted by molar-refractivity contribution is 8.00. The van der Waals surface area contributed by atoms with Gasteiger partial charge >= 0.3 is 5.97 Å². The van der Waals surface area contributed by atoms with Gasteiger partial charge in [0.2, 0.25) is 0 Å². The first kappa shape index (κ1) is 14.8. The minimum Gasteiger partial charge on any atom is -0.468 e. The molecule has 1 fully saturated rings. The van der Waals surface area contributed by atoms with Crippen LogP contribution in [0.3, 0.4) is 0 Å². The first-order valence-electron chi connectivity index (χ1n) is 6.39. The van der Waals surface area contributed by atoms with Crippen molar-refractivity contribution in [3.8, 4) is 0 Å². The third kappa shape index (κ3) is 4.88. The summed E-state index contributed by atoms with van der Waals surface area (Å²) in [5.41, 5.74) is -0.531. The van der Waals surface area contributed by atoms with E-state index >= 15 is 0 Å². The van der Waals surface area contributed by atoms with Gasteiger partial charge in [-0.3, -0.25) is 10.1 Å². The summed E-state index contributed by atoms with van der Waals surface area (Å²) in [6.45, 7) is 8.52. The molecule has 0 aromatic heterocycles. The van der Waals surface area contributed by atoms with Crippen LogP contribution in [0.4, 0.5) is 0 Å². The fraction of sp³-hybridized carbons (Fsp3) is 0.923. The largest absolute Gasteiger partial charge is 0.468 e. The molecule has 4 heteroatoms. The quantitative estimate of drug-likeness (QED) is 0.713. The summed E-state index contributed by atoms with van der Waals surface area (Å²) in [6.07, 6.45) is 3.18. The highest BCUT2D eigenvalue weighted by atomic mass is 32.2. The van der Waals surface area contributed by atoms with Crippen molar-refractivity contribution in [2.24, 2.45) is 0 Å². The lowest BCUT2D eigenvalue weighted by Gasteiger charge is -2.31. The molecule has 1 aliphatic carbocycles. The van der Waals surface area contributed by atoms with Crippen LogP contribution in [0.5, 0.6) is 0 Å². The average molecular weight is 259 g/mol. The van der Waals surface area contributed by atoms with Crippen LogP contribution in [0.25, 0.3) is 0 Å². The maximum absolute atomic E-state index is 11.9. The topological polar surface area (TPSA) is 38.3 Å². The summed E-state index contributed by atoms with van der Waals surface area (Å²) in [5, 5.41) is 4.47. The Bertz CT molecular complexity index is 266. The standard InChI is InChI=1S/C13H25NO2S/c1-9(2)17-10(3)8-13(4,12(15)16-5)14-11-6-7-11/h9-11,14H,6-8H2,1-5H3. The van der Waals surface area contributed by atoms with Crippen LogP contribution in [0.1, 0.15) is 47.0 Å². The highest BCUT2D eigenvalue weighted by Gasteiger charge is 2.40. The summed E-state index contributed by atoms with van der Waals surface area (Å²) in [6, 6.07) is 0.510. The number of carbonyl (C=O) groups excluding carboxylic acids is 1. The third-order valence-electron chi connectivity index (χ3n) is 2.94. The highest BCUT2D eigenvalue weighted by Crippen LogP contribution is 2.29. The zero-order chi connectivity index (χ0) is 13.1. The Balaban J connectivity index is 2.58. The molecule has 0 aromatic rings. The molecule has 2 unspecified atom stereocenters. The molecule has 0 bridgehead atoms. The Hall–Kier alpha value is -0.220. The number of hydrogen-bond donors (Lipinski definition) is 1. The van der Waals surface area contributed by atoms with Gasteiger partial charge in [-0.15, -0.1) is 0 Å². The number of esters is 1. The number of rotatable bonds is 7. The normalized spacial score (nSPS) is 21.1. The number of methoxy groups -OCH3 is 1. The Morgan fingerprint density at radius 3 is 2.47 bits per heavy atom. The van der Waals surface area contributed by atoms with E-state index in [2.05, 4.69) is 26.1 Å². The lowest BCUT2D eigenvalue weighted by Crippen LogP contribution is -2.52. The number of carbonyl (C=O) groups is 1. The van der Waals surface area contributed by atoms with Crippen molar-refractivity contribution in [3.05, 3.63) is 0 Å². The van der Waals surface area contributed by atoms with E-state index in [1.165, 1.54) is 20.0 Å². The zero-order valence-electron chi connectivity index (χ0n) is 11.6. The number of hydrogen-bond acceptors (Lipinski definition) is 4. The molecule has 0 heterocycles. The van der Waals surface area contributed by atoms with Gasteiger partial charge in [0.15, 0.2) is 0 Å². The van der Waals surface area contributed by atoms with Crippen LogP contribution in [0.15, 0.2) is 0 Å². The molecule has 0 amide bonds. The molecule has 2 atom stereocenters. The van der Waals surface area contributed by atoms with Gasteiger partial charge in [-0.25, -0.2) is 0 Å². The van der Waals surface area contributed by atoms with E-state index in [1.54, 1.807) is 0 Å². The van der Waals surface area contributed by atoms with Crippen LogP contribution in [0.2, 0.25) is 0 Å². The van der Waals surface area contributed by atoms with Crippen LogP contribution >= 0.6 is 11.8 Å². The van der Waals surface area contributed by atoms with Crippen molar-refractivity contribution in [1.29, 1.82) is 0 Å². The van der Waals surface area contributed by atoms with Gasteiger partial charge in [0, 0.05) is 11.3 Å². The predicted molar refractivity (Wildman–Crippen MR) is 73.4 cm³/mol. The van der Waals surface area contributed by atoms with E-state index in [0.29, 0.717) is 16.5 Å². The van der Waals surface area contributed by atoms with Gasteiger partial charge in [-0.2, -0.15) is 11.8 Å². The molecular weight excluding hydrogens is 234 g/mol. The second kappa shape index (κ2) is 6.10. The van der Waals surface area contributed by atoms with Crippen molar-refractivity contribution in [1.82, 2.24) is 5.32 Å². The van der Waals surface area contributed by atoms with E-state index in [0.717, 1.165) is 6.42 Å². The fourth-order valence-corrected chi connectivity index (χ4v) is 3.55. The number of ether oxygens (including phenoxy) is 1. The van der Waals surface area contributed by atoms with Gasteiger partial charge in [0.1, 0.15) is 5.54 Å².